The van der Waals surface area contributed by atoms with Gasteiger partial charge in [0.2, 0.25) is 24.5 Å². The van der Waals surface area contributed by atoms with E-state index >= 15 is 0 Å². The predicted octanol–water partition coefficient (Wildman–Crippen LogP) is 1.97. The first-order valence-electron chi connectivity index (χ1n) is 10.7. The van der Waals surface area contributed by atoms with E-state index < -0.39 is 12.0 Å². The first-order chi connectivity index (χ1) is 14.4. The number of rotatable bonds is 6. The molecule has 0 aromatic heterocycles. The molecule has 0 spiro atoms. The Bertz CT molecular complexity index is 834. The number of fused-ring (bicyclic) bond motifs is 1. The van der Waals surface area contributed by atoms with E-state index in [1.807, 2.05) is 13.8 Å². The van der Waals surface area contributed by atoms with Crippen LogP contribution in [0.2, 0.25) is 0 Å². The van der Waals surface area contributed by atoms with Gasteiger partial charge in [0, 0.05) is 30.8 Å². The Morgan fingerprint density at radius 3 is 2.60 bits per heavy atom. The molecule has 2 atom stereocenters. The molecule has 1 saturated carbocycles. The van der Waals surface area contributed by atoms with Crippen LogP contribution >= 0.6 is 0 Å². The normalized spacial score (nSPS) is 21.9. The van der Waals surface area contributed by atoms with Gasteiger partial charge in [-0.25, -0.2) is 0 Å². The molecule has 4 rings (SSSR count). The summed E-state index contributed by atoms with van der Waals surface area (Å²) < 4.78 is 10.7. The van der Waals surface area contributed by atoms with E-state index in [0.717, 1.165) is 25.7 Å². The maximum atomic E-state index is 12.9. The Balaban J connectivity index is 1.39. The van der Waals surface area contributed by atoms with Crippen LogP contribution in [0.1, 0.15) is 46.0 Å². The fourth-order valence-electron chi connectivity index (χ4n) is 4.35. The van der Waals surface area contributed by atoms with E-state index in [1.165, 1.54) is 0 Å². The van der Waals surface area contributed by atoms with Gasteiger partial charge in [-0.3, -0.25) is 14.4 Å². The molecule has 2 N–H and O–H groups in total. The van der Waals surface area contributed by atoms with Gasteiger partial charge in [-0.05, 0) is 30.9 Å². The highest BCUT2D eigenvalue weighted by molar-refractivity contribution is 6.01. The second-order valence-electron chi connectivity index (χ2n) is 8.66. The molecule has 2 aliphatic heterocycles. The second-order valence-corrected chi connectivity index (χ2v) is 8.66. The first-order valence-corrected chi connectivity index (χ1v) is 10.7. The summed E-state index contributed by atoms with van der Waals surface area (Å²) in [5.74, 6) is 0.185. The summed E-state index contributed by atoms with van der Waals surface area (Å²) in [6.07, 6.45) is 4.36. The Labute approximate surface area is 176 Å². The van der Waals surface area contributed by atoms with Crippen molar-refractivity contribution < 1.29 is 23.9 Å². The molecule has 3 aliphatic rings. The van der Waals surface area contributed by atoms with Crippen LogP contribution in [0, 0.1) is 11.8 Å². The van der Waals surface area contributed by atoms with E-state index in [-0.39, 0.29) is 49.4 Å². The van der Waals surface area contributed by atoms with Crippen LogP contribution in [0.15, 0.2) is 18.2 Å². The van der Waals surface area contributed by atoms with Gasteiger partial charge in [-0.15, -0.1) is 0 Å². The number of ether oxygens (including phenoxy) is 2. The highest BCUT2D eigenvalue weighted by Crippen LogP contribution is 2.37. The number of benzene rings is 1. The van der Waals surface area contributed by atoms with Crippen molar-refractivity contribution in [2.75, 3.05) is 18.2 Å². The largest absolute Gasteiger partial charge is 0.454 e. The van der Waals surface area contributed by atoms with Gasteiger partial charge >= 0.3 is 0 Å². The fraction of sp³-hybridized carbons (Fsp3) is 0.591. The Morgan fingerprint density at radius 2 is 1.87 bits per heavy atom. The molecule has 30 heavy (non-hydrogen) atoms. The smallest absolute Gasteiger partial charge is 0.243 e. The van der Waals surface area contributed by atoms with Crippen molar-refractivity contribution in [1.82, 2.24) is 10.6 Å². The number of carbonyl (C=O) groups excluding carboxylic acids is 3. The lowest BCUT2D eigenvalue weighted by atomic mass is 10.0. The fourth-order valence-corrected chi connectivity index (χ4v) is 4.35. The number of nitrogens with zero attached hydrogens (tertiary/aromatic N) is 1. The van der Waals surface area contributed by atoms with Crippen molar-refractivity contribution >= 4 is 23.4 Å². The van der Waals surface area contributed by atoms with Gasteiger partial charge in [-0.2, -0.15) is 0 Å². The third kappa shape index (κ3) is 4.22. The lowest BCUT2D eigenvalue weighted by Crippen LogP contribution is -2.53. The minimum atomic E-state index is -0.604. The minimum Gasteiger partial charge on any atom is -0.454 e. The molecular weight excluding hydrogens is 386 g/mol. The third-order valence-electron chi connectivity index (χ3n) is 6.11. The number of hydrogen-bond donors (Lipinski definition) is 2. The van der Waals surface area contributed by atoms with Crippen LogP contribution in [0.4, 0.5) is 5.69 Å². The molecule has 1 aromatic rings. The van der Waals surface area contributed by atoms with Gasteiger partial charge in [0.05, 0.1) is 5.92 Å². The summed E-state index contributed by atoms with van der Waals surface area (Å²) in [4.78, 5) is 39.8. The van der Waals surface area contributed by atoms with Crippen molar-refractivity contribution in [1.29, 1.82) is 0 Å². The van der Waals surface area contributed by atoms with Crippen LogP contribution < -0.4 is 25.0 Å². The van der Waals surface area contributed by atoms with E-state index in [1.54, 1.807) is 23.1 Å². The molecule has 1 saturated heterocycles. The van der Waals surface area contributed by atoms with Crippen LogP contribution in [-0.4, -0.2) is 43.1 Å². The van der Waals surface area contributed by atoms with Crippen molar-refractivity contribution in [3.8, 4) is 11.5 Å². The summed E-state index contributed by atoms with van der Waals surface area (Å²) in [6, 6.07) is 4.91. The second kappa shape index (κ2) is 8.53. The van der Waals surface area contributed by atoms with Gasteiger partial charge in [0.25, 0.3) is 0 Å². The molecule has 0 radical (unpaired) electrons. The van der Waals surface area contributed by atoms with E-state index in [4.69, 9.17) is 9.47 Å². The predicted molar refractivity (Wildman–Crippen MR) is 110 cm³/mol. The molecule has 1 aliphatic carbocycles. The van der Waals surface area contributed by atoms with Crippen LogP contribution in [-0.2, 0) is 14.4 Å². The van der Waals surface area contributed by atoms with Crippen molar-refractivity contribution in [2.45, 2.75) is 58.0 Å². The van der Waals surface area contributed by atoms with Gasteiger partial charge in [0.15, 0.2) is 11.5 Å². The lowest BCUT2D eigenvalue weighted by molar-refractivity contribution is -0.132. The zero-order chi connectivity index (χ0) is 21.3. The van der Waals surface area contributed by atoms with E-state index in [2.05, 4.69) is 10.6 Å². The van der Waals surface area contributed by atoms with Crippen LogP contribution in [0.5, 0.6) is 11.5 Å². The standard InChI is InChI=1S/C22H29N3O5/c1-13(2)20(22(28)23-15-5-3-4-6-15)24-21(27)14-9-19(26)25(11-14)16-7-8-17-18(10-16)30-12-29-17/h7-8,10,13-15,20H,3-6,9,11-12H2,1-2H3,(H,23,28)(H,24,27)/t14?,20-/m0/s1. The van der Waals surface area contributed by atoms with Crippen molar-refractivity contribution in [3.63, 3.8) is 0 Å². The van der Waals surface area contributed by atoms with Crippen molar-refractivity contribution in [2.24, 2.45) is 11.8 Å². The number of amides is 3. The van der Waals surface area contributed by atoms with Gasteiger partial charge in [-0.1, -0.05) is 26.7 Å². The molecule has 8 heteroatoms. The number of hydrogen-bond acceptors (Lipinski definition) is 5. The van der Waals surface area contributed by atoms with Gasteiger partial charge < -0.3 is 25.0 Å². The molecule has 1 aromatic carbocycles. The topological polar surface area (TPSA) is 97.0 Å². The van der Waals surface area contributed by atoms with E-state index in [9.17, 15) is 14.4 Å². The van der Waals surface area contributed by atoms with Crippen LogP contribution in [0.25, 0.3) is 0 Å². The summed E-state index contributed by atoms with van der Waals surface area (Å²) in [5.41, 5.74) is 0.680. The average Bonchev–Trinajstić information content (AvgIpc) is 3.45. The van der Waals surface area contributed by atoms with Crippen molar-refractivity contribution in [3.05, 3.63) is 18.2 Å². The zero-order valence-corrected chi connectivity index (χ0v) is 17.5. The Kier molecular flexibility index (Phi) is 5.83. The maximum Gasteiger partial charge on any atom is 0.243 e. The highest BCUT2D eigenvalue weighted by Gasteiger charge is 2.38. The SMILES string of the molecule is CC(C)[C@H](NC(=O)C1CC(=O)N(c2ccc3c(c2)OCO3)C1)C(=O)NC1CCCC1. The van der Waals surface area contributed by atoms with Gasteiger partial charge in [0.1, 0.15) is 6.04 Å². The monoisotopic (exact) mass is 415 g/mol. The molecule has 3 amide bonds. The molecule has 0 bridgehead atoms. The minimum absolute atomic E-state index is 0.0441. The molecule has 8 nitrogen and oxygen atoms in total. The summed E-state index contributed by atoms with van der Waals surface area (Å²) in [6.45, 7) is 4.27. The molecule has 2 heterocycles. The third-order valence-corrected chi connectivity index (χ3v) is 6.11. The summed E-state index contributed by atoms with van der Waals surface area (Å²) >= 11 is 0. The van der Waals surface area contributed by atoms with Crippen LogP contribution in [0.3, 0.4) is 0 Å². The lowest BCUT2D eigenvalue weighted by Gasteiger charge is -2.25. The molecule has 2 fully saturated rings. The molecular formula is C22H29N3O5. The maximum absolute atomic E-state index is 12.9. The summed E-state index contributed by atoms with van der Waals surface area (Å²) in [5, 5.41) is 5.96. The number of nitrogens with one attached hydrogen (secondary N) is 2. The zero-order valence-electron chi connectivity index (χ0n) is 17.5. The number of carbonyl (C=O) groups is 3. The average molecular weight is 415 g/mol. The first kappa shape index (κ1) is 20.5. The molecule has 162 valence electrons. The van der Waals surface area contributed by atoms with E-state index in [0.29, 0.717) is 17.2 Å². The highest BCUT2D eigenvalue weighted by atomic mass is 16.7. The molecule has 1 unspecified atom stereocenters. The quantitative estimate of drug-likeness (QED) is 0.740. The number of anilines is 1. The Hall–Kier alpha value is -2.77. The Morgan fingerprint density at radius 1 is 1.13 bits per heavy atom. The summed E-state index contributed by atoms with van der Waals surface area (Å²) in [7, 11) is 0.